The summed E-state index contributed by atoms with van der Waals surface area (Å²) in [7, 11) is 0. The number of fused-ring (bicyclic) bond motifs is 1. The summed E-state index contributed by atoms with van der Waals surface area (Å²) in [5.41, 5.74) is 0.361. The van der Waals surface area contributed by atoms with Gasteiger partial charge in [0.05, 0.1) is 5.56 Å². The van der Waals surface area contributed by atoms with Gasteiger partial charge in [-0.1, -0.05) is 6.07 Å². The molecule has 2 rings (SSSR count). The van der Waals surface area contributed by atoms with Gasteiger partial charge in [-0.3, -0.25) is 0 Å². The minimum atomic E-state index is -4.27. The highest BCUT2D eigenvalue weighted by atomic mass is 32.2. The first-order chi connectivity index (χ1) is 7.50. The number of aliphatic hydroxyl groups is 1. The van der Waals surface area contributed by atoms with Gasteiger partial charge >= 0.3 is 6.18 Å². The molecule has 5 heteroatoms. The van der Waals surface area contributed by atoms with E-state index < -0.39 is 11.7 Å². The fourth-order valence-corrected chi connectivity index (χ4v) is 3.12. The molecule has 1 heterocycles. The summed E-state index contributed by atoms with van der Waals surface area (Å²) in [5, 5.41) is 9.01. The van der Waals surface area contributed by atoms with E-state index >= 15 is 0 Å². The highest BCUT2D eigenvalue weighted by Gasteiger charge is 2.32. The number of hydrogen-bond acceptors (Lipinski definition) is 2. The minimum Gasteiger partial charge on any atom is -0.396 e. The molecule has 1 N–H and O–H groups in total. The molecule has 0 aromatic heterocycles. The van der Waals surface area contributed by atoms with Crippen LogP contribution in [0.1, 0.15) is 17.5 Å². The highest BCUT2D eigenvalue weighted by Crippen LogP contribution is 2.41. The Hall–Kier alpha value is -0.680. The van der Waals surface area contributed by atoms with Crippen molar-refractivity contribution < 1.29 is 18.3 Å². The molecule has 1 aliphatic rings. The summed E-state index contributed by atoms with van der Waals surface area (Å²) in [6.45, 7) is 0.0811. The van der Waals surface area contributed by atoms with Gasteiger partial charge in [0, 0.05) is 16.8 Å². The number of rotatable bonds is 2. The molecule has 0 radical (unpaired) electrons. The molecule has 1 aromatic carbocycles. The zero-order valence-electron chi connectivity index (χ0n) is 8.42. The van der Waals surface area contributed by atoms with Gasteiger partial charge in [-0.25, -0.2) is 0 Å². The molecule has 0 amide bonds. The van der Waals surface area contributed by atoms with Crippen LogP contribution in [0, 0.1) is 0 Å². The maximum atomic E-state index is 12.5. The van der Waals surface area contributed by atoms with Crippen LogP contribution in [-0.2, 0) is 12.6 Å². The molecule has 88 valence electrons. The summed E-state index contributed by atoms with van der Waals surface area (Å²) in [6, 6.07) is 3.88. The smallest absolute Gasteiger partial charge is 0.396 e. The predicted octanol–water partition coefficient (Wildman–Crippen LogP) is 3.10. The molecule has 0 bridgehead atoms. The lowest BCUT2D eigenvalue weighted by Crippen LogP contribution is -2.04. The van der Waals surface area contributed by atoms with Gasteiger partial charge < -0.3 is 5.11 Å². The Balaban J connectivity index is 2.21. The normalized spacial score (nSPS) is 19.9. The maximum Gasteiger partial charge on any atom is 0.416 e. The van der Waals surface area contributed by atoms with Crippen LogP contribution in [0.25, 0.3) is 0 Å². The van der Waals surface area contributed by atoms with Crippen molar-refractivity contribution in [3.8, 4) is 0 Å². The lowest BCUT2D eigenvalue weighted by atomic mass is 10.1. The zero-order valence-corrected chi connectivity index (χ0v) is 9.24. The summed E-state index contributed by atoms with van der Waals surface area (Å²) in [6.07, 6.45) is -2.90. The van der Waals surface area contributed by atoms with E-state index in [2.05, 4.69) is 0 Å². The van der Waals surface area contributed by atoms with Crippen molar-refractivity contribution in [3.05, 3.63) is 29.3 Å². The van der Waals surface area contributed by atoms with Crippen LogP contribution in [0.4, 0.5) is 13.2 Å². The number of thioether (sulfide) groups is 1. The molecule has 1 aliphatic heterocycles. The molecule has 0 spiro atoms. The molecule has 0 saturated heterocycles. The van der Waals surface area contributed by atoms with Crippen LogP contribution in [0.5, 0.6) is 0 Å². The Kier molecular flexibility index (Phi) is 3.17. The van der Waals surface area contributed by atoms with Crippen molar-refractivity contribution in [2.24, 2.45) is 0 Å². The SMILES string of the molecule is OCCC1Cc2ccc(C(F)(F)F)cc2S1. The standard InChI is InChI=1S/C11H11F3OS/c12-11(13,14)8-2-1-7-5-9(3-4-15)16-10(7)6-8/h1-2,6,9,15H,3-5H2. The molecular formula is C11H11F3OS. The number of halogens is 3. The van der Waals surface area contributed by atoms with Crippen LogP contribution in [0.2, 0.25) is 0 Å². The third-order valence-corrected chi connectivity index (χ3v) is 3.96. The summed E-state index contributed by atoms with van der Waals surface area (Å²) in [4.78, 5) is 0.702. The average Bonchev–Trinajstić information content (AvgIpc) is 2.57. The number of benzene rings is 1. The second kappa shape index (κ2) is 4.30. The molecule has 1 unspecified atom stereocenters. The van der Waals surface area contributed by atoms with Gasteiger partial charge in [0.1, 0.15) is 0 Å². The molecular weight excluding hydrogens is 237 g/mol. The largest absolute Gasteiger partial charge is 0.416 e. The van der Waals surface area contributed by atoms with Gasteiger partial charge in [-0.05, 0) is 30.5 Å². The van der Waals surface area contributed by atoms with Crippen LogP contribution in [-0.4, -0.2) is 17.0 Å². The molecule has 1 atom stereocenters. The Morgan fingerprint density at radius 2 is 2.12 bits per heavy atom. The Morgan fingerprint density at radius 3 is 2.75 bits per heavy atom. The summed E-state index contributed by atoms with van der Waals surface area (Å²) < 4.78 is 37.4. The van der Waals surface area contributed by atoms with Crippen LogP contribution in [0.15, 0.2) is 23.1 Å². The van der Waals surface area contributed by atoms with Crippen molar-refractivity contribution in [2.45, 2.75) is 29.2 Å². The minimum absolute atomic E-state index is 0.0811. The average molecular weight is 248 g/mol. The topological polar surface area (TPSA) is 20.2 Å². The third kappa shape index (κ3) is 2.35. The monoisotopic (exact) mass is 248 g/mol. The van der Waals surface area contributed by atoms with Crippen LogP contribution in [0.3, 0.4) is 0 Å². The third-order valence-electron chi connectivity index (χ3n) is 2.59. The van der Waals surface area contributed by atoms with Crippen molar-refractivity contribution in [1.29, 1.82) is 0 Å². The molecule has 0 saturated carbocycles. The van der Waals surface area contributed by atoms with E-state index in [1.807, 2.05) is 0 Å². The fourth-order valence-electron chi connectivity index (χ4n) is 1.78. The second-order valence-electron chi connectivity index (χ2n) is 3.78. The van der Waals surface area contributed by atoms with Crippen molar-refractivity contribution in [3.63, 3.8) is 0 Å². The Morgan fingerprint density at radius 1 is 1.38 bits per heavy atom. The van der Waals surface area contributed by atoms with Gasteiger partial charge in [-0.15, -0.1) is 11.8 Å². The van der Waals surface area contributed by atoms with Crippen molar-refractivity contribution in [2.75, 3.05) is 6.61 Å². The Labute approximate surface area is 95.7 Å². The van der Waals surface area contributed by atoms with Crippen molar-refractivity contribution >= 4 is 11.8 Å². The molecule has 16 heavy (non-hydrogen) atoms. The molecule has 1 aromatic rings. The van der Waals surface area contributed by atoms with Crippen LogP contribution < -0.4 is 0 Å². The van der Waals surface area contributed by atoms with E-state index in [-0.39, 0.29) is 11.9 Å². The second-order valence-corrected chi connectivity index (χ2v) is 5.12. The predicted molar refractivity (Wildman–Crippen MR) is 56.5 cm³/mol. The number of alkyl halides is 3. The van der Waals surface area contributed by atoms with E-state index in [4.69, 9.17) is 5.11 Å². The van der Waals surface area contributed by atoms with Gasteiger partial charge in [0.15, 0.2) is 0 Å². The van der Waals surface area contributed by atoms with Crippen LogP contribution >= 0.6 is 11.8 Å². The van der Waals surface area contributed by atoms with Gasteiger partial charge in [0.2, 0.25) is 0 Å². The van der Waals surface area contributed by atoms with Gasteiger partial charge in [-0.2, -0.15) is 13.2 Å². The van der Waals surface area contributed by atoms with E-state index in [1.54, 1.807) is 6.07 Å². The molecule has 0 aliphatic carbocycles. The first-order valence-corrected chi connectivity index (χ1v) is 5.86. The Bertz CT molecular complexity index is 389. The zero-order chi connectivity index (χ0) is 11.8. The molecule has 1 nitrogen and oxygen atoms in total. The summed E-state index contributed by atoms with van der Waals surface area (Å²) in [5.74, 6) is 0. The number of hydrogen-bond donors (Lipinski definition) is 1. The lowest BCUT2D eigenvalue weighted by Gasteiger charge is -2.07. The fraction of sp³-hybridized carbons (Fsp3) is 0.455. The van der Waals surface area contributed by atoms with E-state index in [9.17, 15) is 13.2 Å². The first-order valence-electron chi connectivity index (χ1n) is 4.98. The quantitative estimate of drug-likeness (QED) is 0.867. The van der Waals surface area contributed by atoms with E-state index in [0.717, 1.165) is 18.1 Å². The maximum absolute atomic E-state index is 12.5. The summed E-state index contributed by atoms with van der Waals surface area (Å²) >= 11 is 1.43. The molecule has 0 fully saturated rings. The van der Waals surface area contributed by atoms with Crippen molar-refractivity contribution in [1.82, 2.24) is 0 Å². The number of aliphatic hydroxyl groups excluding tert-OH is 1. The lowest BCUT2D eigenvalue weighted by molar-refractivity contribution is -0.137. The van der Waals surface area contributed by atoms with Gasteiger partial charge in [0.25, 0.3) is 0 Å². The first kappa shape index (κ1) is 11.8. The van der Waals surface area contributed by atoms with E-state index in [1.165, 1.54) is 17.8 Å². The highest BCUT2D eigenvalue weighted by molar-refractivity contribution is 8.00. The van der Waals surface area contributed by atoms with E-state index in [0.29, 0.717) is 11.3 Å².